The quantitative estimate of drug-likeness (QED) is 0.618. The molecular formula is C13H18Cl2. The average molecular weight is 245 g/mol. The van der Waals surface area contributed by atoms with E-state index in [0.717, 1.165) is 28.5 Å². The first-order valence-corrected chi connectivity index (χ1v) is 6.42. The maximum atomic E-state index is 6.31. The van der Waals surface area contributed by atoms with Crippen LogP contribution in [-0.2, 0) is 12.8 Å². The third kappa shape index (κ3) is 3.39. The molecule has 0 heterocycles. The second-order valence-corrected chi connectivity index (χ2v) is 4.59. The smallest absolute Gasteiger partial charge is 0.0484 e. The topological polar surface area (TPSA) is 0 Å². The van der Waals surface area contributed by atoms with Crippen molar-refractivity contribution in [1.29, 1.82) is 0 Å². The van der Waals surface area contributed by atoms with Crippen LogP contribution < -0.4 is 0 Å². The van der Waals surface area contributed by atoms with Crippen molar-refractivity contribution in [3.63, 3.8) is 0 Å². The van der Waals surface area contributed by atoms with Gasteiger partial charge in [-0.25, -0.2) is 0 Å². The van der Waals surface area contributed by atoms with Gasteiger partial charge in [0.2, 0.25) is 0 Å². The second kappa shape index (κ2) is 6.40. The minimum absolute atomic E-state index is 0.813. The molecule has 0 aromatic heterocycles. The Bertz CT molecular complexity index is 319. The lowest BCUT2D eigenvalue weighted by Crippen LogP contribution is -1.93. The van der Waals surface area contributed by atoms with E-state index in [2.05, 4.69) is 13.8 Å². The summed E-state index contributed by atoms with van der Waals surface area (Å²) < 4.78 is 0. The second-order valence-electron chi connectivity index (χ2n) is 3.81. The Labute approximate surface area is 103 Å². The van der Waals surface area contributed by atoms with Gasteiger partial charge < -0.3 is 0 Å². The van der Waals surface area contributed by atoms with E-state index in [-0.39, 0.29) is 0 Å². The van der Waals surface area contributed by atoms with E-state index in [1.165, 1.54) is 24.8 Å². The van der Waals surface area contributed by atoms with Crippen LogP contribution >= 0.6 is 23.2 Å². The number of hydrogen-bond donors (Lipinski definition) is 0. The number of benzene rings is 1. The largest absolute Gasteiger partial charge is 0.0840 e. The SMILES string of the molecule is CCCCCc1c(Cl)ccc(CC)c1Cl. The summed E-state index contributed by atoms with van der Waals surface area (Å²) in [4.78, 5) is 0. The van der Waals surface area contributed by atoms with Crippen LogP contribution in [0.25, 0.3) is 0 Å². The first kappa shape index (κ1) is 12.9. The molecule has 0 saturated heterocycles. The predicted octanol–water partition coefficient (Wildman–Crippen LogP) is 5.29. The van der Waals surface area contributed by atoms with E-state index in [0.29, 0.717) is 0 Å². The average Bonchev–Trinajstić information content (AvgIpc) is 2.23. The lowest BCUT2D eigenvalue weighted by atomic mass is 10.0. The van der Waals surface area contributed by atoms with Crippen LogP contribution in [0.3, 0.4) is 0 Å². The molecule has 0 aliphatic rings. The maximum absolute atomic E-state index is 6.31. The van der Waals surface area contributed by atoms with Gasteiger partial charge in [-0.15, -0.1) is 0 Å². The normalized spacial score (nSPS) is 10.7. The van der Waals surface area contributed by atoms with Crippen molar-refractivity contribution in [2.75, 3.05) is 0 Å². The van der Waals surface area contributed by atoms with Gasteiger partial charge in [0.25, 0.3) is 0 Å². The zero-order valence-electron chi connectivity index (χ0n) is 9.45. The molecule has 0 atom stereocenters. The van der Waals surface area contributed by atoms with Crippen LogP contribution in [0.15, 0.2) is 12.1 Å². The maximum Gasteiger partial charge on any atom is 0.0484 e. The van der Waals surface area contributed by atoms with Crippen LogP contribution in [-0.4, -0.2) is 0 Å². The van der Waals surface area contributed by atoms with Gasteiger partial charge in [-0.2, -0.15) is 0 Å². The molecule has 0 amide bonds. The van der Waals surface area contributed by atoms with Crippen LogP contribution in [0.2, 0.25) is 10.0 Å². The summed E-state index contributed by atoms with van der Waals surface area (Å²) in [6.07, 6.45) is 5.60. The molecular weight excluding hydrogens is 227 g/mol. The molecule has 1 aromatic carbocycles. The van der Waals surface area contributed by atoms with Crippen LogP contribution in [0.1, 0.15) is 44.2 Å². The van der Waals surface area contributed by atoms with Gasteiger partial charge in [-0.1, -0.05) is 56.0 Å². The summed E-state index contributed by atoms with van der Waals surface area (Å²) in [7, 11) is 0. The van der Waals surface area contributed by atoms with Crippen LogP contribution in [0.5, 0.6) is 0 Å². The fourth-order valence-corrected chi connectivity index (χ4v) is 2.39. The van der Waals surface area contributed by atoms with E-state index in [1.54, 1.807) is 0 Å². The van der Waals surface area contributed by atoms with Crippen molar-refractivity contribution in [3.8, 4) is 0 Å². The molecule has 0 nitrogen and oxygen atoms in total. The highest BCUT2D eigenvalue weighted by atomic mass is 35.5. The minimum Gasteiger partial charge on any atom is -0.0840 e. The monoisotopic (exact) mass is 244 g/mol. The van der Waals surface area contributed by atoms with Gasteiger partial charge >= 0.3 is 0 Å². The third-order valence-electron chi connectivity index (χ3n) is 2.68. The number of unbranched alkanes of at least 4 members (excludes halogenated alkanes) is 2. The Morgan fingerprint density at radius 1 is 1.07 bits per heavy atom. The lowest BCUT2D eigenvalue weighted by Gasteiger charge is -2.10. The Hall–Kier alpha value is -0.200. The van der Waals surface area contributed by atoms with Gasteiger partial charge in [0.15, 0.2) is 0 Å². The molecule has 0 aliphatic heterocycles. The first-order valence-electron chi connectivity index (χ1n) is 5.66. The number of hydrogen-bond acceptors (Lipinski definition) is 0. The fraction of sp³-hybridized carbons (Fsp3) is 0.538. The summed E-state index contributed by atoms with van der Waals surface area (Å²) in [6.45, 7) is 4.32. The van der Waals surface area contributed by atoms with Crippen molar-refractivity contribution in [3.05, 3.63) is 33.3 Å². The molecule has 0 N–H and O–H groups in total. The van der Waals surface area contributed by atoms with Gasteiger partial charge in [-0.3, -0.25) is 0 Å². The molecule has 0 bridgehead atoms. The van der Waals surface area contributed by atoms with E-state index in [9.17, 15) is 0 Å². The summed E-state index contributed by atoms with van der Waals surface area (Å²) in [5.74, 6) is 0. The minimum atomic E-state index is 0.813. The summed E-state index contributed by atoms with van der Waals surface area (Å²) in [5, 5.41) is 1.69. The highest BCUT2D eigenvalue weighted by Gasteiger charge is 2.08. The Morgan fingerprint density at radius 3 is 2.40 bits per heavy atom. The molecule has 0 radical (unpaired) electrons. The van der Waals surface area contributed by atoms with E-state index >= 15 is 0 Å². The van der Waals surface area contributed by atoms with Crippen molar-refractivity contribution in [2.24, 2.45) is 0 Å². The van der Waals surface area contributed by atoms with Crippen molar-refractivity contribution in [1.82, 2.24) is 0 Å². The molecule has 1 rings (SSSR count). The van der Waals surface area contributed by atoms with Crippen molar-refractivity contribution >= 4 is 23.2 Å². The number of halogens is 2. The summed E-state index contributed by atoms with van der Waals surface area (Å²) >= 11 is 12.5. The number of aryl methyl sites for hydroxylation is 1. The molecule has 0 saturated carbocycles. The zero-order chi connectivity index (χ0) is 11.3. The van der Waals surface area contributed by atoms with Crippen LogP contribution in [0, 0.1) is 0 Å². The van der Waals surface area contributed by atoms with Gasteiger partial charge in [0.05, 0.1) is 0 Å². The van der Waals surface area contributed by atoms with E-state index in [4.69, 9.17) is 23.2 Å². The molecule has 15 heavy (non-hydrogen) atoms. The van der Waals surface area contributed by atoms with Gasteiger partial charge in [-0.05, 0) is 36.5 Å². The van der Waals surface area contributed by atoms with Crippen molar-refractivity contribution < 1.29 is 0 Å². The standard InChI is InChI=1S/C13H18Cl2/c1-3-5-6-7-11-12(14)9-8-10(4-2)13(11)15/h8-9H,3-7H2,1-2H3. The lowest BCUT2D eigenvalue weighted by molar-refractivity contribution is 0.717. The first-order chi connectivity index (χ1) is 7.20. The molecule has 0 spiro atoms. The molecule has 0 fully saturated rings. The van der Waals surface area contributed by atoms with Crippen LogP contribution in [0.4, 0.5) is 0 Å². The third-order valence-corrected chi connectivity index (χ3v) is 3.50. The van der Waals surface area contributed by atoms with Crippen molar-refractivity contribution in [2.45, 2.75) is 46.0 Å². The molecule has 84 valence electrons. The Morgan fingerprint density at radius 2 is 1.80 bits per heavy atom. The molecule has 0 aliphatic carbocycles. The highest BCUT2D eigenvalue weighted by Crippen LogP contribution is 2.29. The highest BCUT2D eigenvalue weighted by molar-refractivity contribution is 6.36. The van der Waals surface area contributed by atoms with Gasteiger partial charge in [0, 0.05) is 10.0 Å². The Balaban J connectivity index is 2.84. The summed E-state index contributed by atoms with van der Waals surface area (Å²) in [5.41, 5.74) is 2.33. The van der Waals surface area contributed by atoms with E-state index < -0.39 is 0 Å². The molecule has 1 aromatic rings. The Kier molecular flexibility index (Phi) is 5.49. The van der Waals surface area contributed by atoms with Gasteiger partial charge in [0.1, 0.15) is 0 Å². The molecule has 2 heteroatoms. The predicted molar refractivity (Wildman–Crippen MR) is 69.1 cm³/mol. The number of rotatable bonds is 5. The molecule has 0 unspecified atom stereocenters. The zero-order valence-corrected chi connectivity index (χ0v) is 11.0. The summed E-state index contributed by atoms with van der Waals surface area (Å²) in [6, 6.07) is 3.99. The fourth-order valence-electron chi connectivity index (χ4n) is 1.70. The van der Waals surface area contributed by atoms with E-state index in [1.807, 2.05) is 12.1 Å².